The van der Waals surface area contributed by atoms with Gasteiger partial charge in [0, 0.05) is 0 Å². The molecule has 0 atom stereocenters. The second kappa shape index (κ2) is 17.6. The van der Waals surface area contributed by atoms with Crippen LogP contribution in [0.15, 0.2) is 65.8 Å². The van der Waals surface area contributed by atoms with Crippen LogP contribution in [0.4, 0.5) is 0 Å². The SMILES string of the molecule is O=S(=O)([O-])c1ccc(O)c(O)c1S(=O)(=O)[O-].O=S(=O)([O-])c1ccc(O)c(O)c1S(=O)(=O)[O-].O=S(=O)([O-])c1ccc(O)c(O)c1S(=O)(=O)[O-].[Nd+3].[Nd+3]. The topological polar surface area (TPSA) is 465 Å². The number of phenols is 6. The van der Waals surface area contributed by atoms with Gasteiger partial charge in [-0.05, 0) is 36.4 Å². The van der Waals surface area contributed by atoms with Crippen LogP contribution in [0, 0.1) is 81.7 Å². The number of phenolic OH excluding ortho intramolecular Hbond substituents is 6. The largest absolute Gasteiger partial charge is 3.00 e. The van der Waals surface area contributed by atoms with Gasteiger partial charge in [0.25, 0.3) is 0 Å². The van der Waals surface area contributed by atoms with Gasteiger partial charge in [-0.1, -0.05) is 0 Å². The number of rotatable bonds is 6. The van der Waals surface area contributed by atoms with Crippen LogP contribution in [0.3, 0.4) is 0 Å². The van der Waals surface area contributed by atoms with E-state index in [2.05, 4.69) is 0 Å². The maximum atomic E-state index is 10.6. The third-order valence-corrected chi connectivity index (χ3v) is 10.5. The molecule has 0 saturated heterocycles. The quantitative estimate of drug-likeness (QED) is 0.104. The van der Waals surface area contributed by atoms with Crippen molar-refractivity contribution in [3.63, 3.8) is 0 Å². The van der Waals surface area contributed by atoms with Crippen LogP contribution in [0.25, 0.3) is 0 Å². The Kier molecular flexibility index (Phi) is 17.9. The Hall–Kier alpha value is -1.38. The Morgan fingerprint density at radius 2 is 0.480 bits per heavy atom. The molecular weight excluding hydrogens is 1080 g/mol. The summed E-state index contributed by atoms with van der Waals surface area (Å²) in [6.45, 7) is 0. The molecule has 3 aromatic carbocycles. The molecule has 0 saturated carbocycles. The molecule has 32 heteroatoms. The minimum absolute atomic E-state index is 0. The van der Waals surface area contributed by atoms with Crippen molar-refractivity contribution in [1.29, 1.82) is 0 Å². The summed E-state index contributed by atoms with van der Waals surface area (Å²) in [4.78, 5) is -9.17. The maximum Gasteiger partial charge on any atom is 3.00 e. The van der Waals surface area contributed by atoms with E-state index in [1.807, 2.05) is 0 Å². The van der Waals surface area contributed by atoms with E-state index in [0.717, 1.165) is 0 Å². The molecule has 3 rings (SSSR count). The van der Waals surface area contributed by atoms with Gasteiger partial charge in [0.15, 0.2) is 34.5 Å². The third kappa shape index (κ3) is 13.2. The van der Waals surface area contributed by atoms with Gasteiger partial charge in [0.05, 0.1) is 14.7 Å². The van der Waals surface area contributed by atoms with Crippen molar-refractivity contribution in [2.75, 3.05) is 0 Å². The summed E-state index contributed by atoms with van der Waals surface area (Å²) < 4.78 is 191. The second-order valence-electron chi connectivity index (χ2n) is 8.01. The molecule has 0 unspecified atom stereocenters. The molecule has 3 aromatic rings. The smallest absolute Gasteiger partial charge is 0.744 e. The summed E-state index contributed by atoms with van der Waals surface area (Å²) in [5, 5.41) is 53.8. The molecule has 0 aliphatic heterocycles. The summed E-state index contributed by atoms with van der Waals surface area (Å²) in [5.74, 6) is -7.48. The van der Waals surface area contributed by atoms with Crippen LogP contribution in [0.2, 0.25) is 0 Å². The summed E-state index contributed by atoms with van der Waals surface area (Å²) in [5.41, 5.74) is 0. The summed E-state index contributed by atoms with van der Waals surface area (Å²) >= 11 is 0. The van der Waals surface area contributed by atoms with Gasteiger partial charge in [-0.3, -0.25) is 0 Å². The molecule has 50 heavy (non-hydrogen) atoms. The van der Waals surface area contributed by atoms with E-state index in [0.29, 0.717) is 36.4 Å². The maximum absolute atomic E-state index is 10.6. The third-order valence-electron chi connectivity index (χ3n) is 4.78. The van der Waals surface area contributed by atoms with Crippen molar-refractivity contribution in [3.05, 3.63) is 36.4 Å². The average molecular weight is 1090 g/mol. The number of hydrogen-bond donors (Lipinski definition) is 6. The fourth-order valence-corrected chi connectivity index (χ4v) is 8.42. The van der Waals surface area contributed by atoms with Crippen LogP contribution in [-0.2, 0) is 60.7 Å². The van der Waals surface area contributed by atoms with E-state index in [4.69, 9.17) is 30.6 Å². The first-order valence-electron chi connectivity index (χ1n) is 10.5. The summed E-state index contributed by atoms with van der Waals surface area (Å²) in [7, 11) is -32.0. The molecule has 2 radical (unpaired) electrons. The van der Waals surface area contributed by atoms with E-state index in [1.54, 1.807) is 0 Å². The zero-order chi connectivity index (χ0) is 38.2. The fourth-order valence-electron chi connectivity index (χ4n) is 2.94. The monoisotopic (exact) mass is 1090 g/mol. The molecule has 272 valence electrons. The van der Waals surface area contributed by atoms with Crippen LogP contribution in [0.5, 0.6) is 34.5 Å². The van der Waals surface area contributed by atoms with Gasteiger partial charge in [0.1, 0.15) is 75.4 Å². The molecule has 0 fully saturated rings. The molecule has 0 heterocycles. The predicted molar refractivity (Wildman–Crippen MR) is 137 cm³/mol. The van der Waals surface area contributed by atoms with Gasteiger partial charge in [0.2, 0.25) is 0 Å². The van der Waals surface area contributed by atoms with Crippen LogP contribution < -0.4 is 0 Å². The van der Waals surface area contributed by atoms with Crippen molar-refractivity contribution in [3.8, 4) is 34.5 Å². The zero-order valence-electron chi connectivity index (χ0n) is 22.9. The Balaban J connectivity index is 0. The fraction of sp³-hybridized carbons (Fsp3) is 0. The molecule has 0 aliphatic carbocycles. The van der Waals surface area contributed by atoms with Crippen LogP contribution in [-0.4, -0.2) is 108 Å². The average Bonchev–Trinajstić information content (AvgIpc) is 2.85. The van der Waals surface area contributed by atoms with Crippen molar-refractivity contribution in [1.82, 2.24) is 0 Å². The Bertz CT molecular complexity index is 2170. The van der Waals surface area contributed by atoms with E-state index < -0.39 is 125 Å². The predicted octanol–water partition coefficient (Wildman–Crippen LogP) is -3.28. The number of hydrogen-bond acceptors (Lipinski definition) is 24. The van der Waals surface area contributed by atoms with E-state index in [9.17, 15) is 77.8 Å². The normalized spacial score (nSPS) is 12.1. The molecule has 0 spiro atoms. The van der Waals surface area contributed by atoms with Gasteiger partial charge < -0.3 is 58.0 Å². The molecule has 0 bridgehead atoms. The first-order chi connectivity index (χ1) is 21.1. The molecule has 0 aliphatic rings. The van der Waals surface area contributed by atoms with Gasteiger partial charge >= 0.3 is 81.7 Å². The molecule has 6 N–H and O–H groups in total. The van der Waals surface area contributed by atoms with Crippen LogP contribution >= 0.6 is 0 Å². The second-order valence-corrected chi connectivity index (χ2v) is 16.0. The standard InChI is InChI=1S/3C6H6O8S2.2Nd/c3*7-3-1-2-4(15(9,10)11)6(5(3)8)16(12,13)14;;/h3*1-2,7-8H,(H,9,10,11)(H,12,13,14);;/q;;;2*+3/p-6. The number of aromatic hydroxyl groups is 6. The molecule has 0 aromatic heterocycles. The van der Waals surface area contributed by atoms with E-state index in [1.165, 1.54) is 0 Å². The summed E-state index contributed by atoms with van der Waals surface area (Å²) in [6.07, 6.45) is 0. The van der Waals surface area contributed by atoms with Gasteiger partial charge in [-0.25, -0.2) is 50.5 Å². The van der Waals surface area contributed by atoms with Crippen molar-refractivity contribution in [2.45, 2.75) is 29.4 Å². The van der Waals surface area contributed by atoms with Gasteiger partial charge in [-0.15, -0.1) is 0 Å². The van der Waals surface area contributed by atoms with Crippen molar-refractivity contribution >= 4 is 60.7 Å². The van der Waals surface area contributed by atoms with Crippen LogP contribution in [0.1, 0.15) is 0 Å². The first kappa shape index (κ1) is 50.7. The zero-order valence-corrected chi connectivity index (χ0v) is 34.3. The first-order valence-corrected chi connectivity index (χ1v) is 19.0. The molecule has 0 amide bonds. The van der Waals surface area contributed by atoms with Crippen molar-refractivity contribution in [2.24, 2.45) is 0 Å². The number of benzene rings is 3. The van der Waals surface area contributed by atoms with Crippen molar-refractivity contribution < 1.29 is 190 Å². The summed E-state index contributed by atoms with van der Waals surface area (Å²) in [6, 6.07) is 2.99. The Morgan fingerprint density at radius 1 is 0.320 bits per heavy atom. The van der Waals surface area contributed by atoms with E-state index >= 15 is 0 Å². The van der Waals surface area contributed by atoms with E-state index in [-0.39, 0.29) is 81.7 Å². The molecule has 24 nitrogen and oxygen atoms in total. The Labute approximate surface area is 346 Å². The Morgan fingerprint density at radius 3 is 0.600 bits per heavy atom. The van der Waals surface area contributed by atoms with Gasteiger partial charge in [-0.2, -0.15) is 0 Å². The minimum Gasteiger partial charge on any atom is -0.744 e. The minimum atomic E-state index is -5.41. The molecular formula is C18H12Nd2O24S6.